The zero-order valence-electron chi connectivity index (χ0n) is 17.9. The molecule has 0 aliphatic carbocycles. The van der Waals surface area contributed by atoms with E-state index >= 15 is 0 Å². The van der Waals surface area contributed by atoms with Gasteiger partial charge in [0.2, 0.25) is 0 Å². The summed E-state index contributed by atoms with van der Waals surface area (Å²) in [5.74, 6) is 0.717. The summed E-state index contributed by atoms with van der Waals surface area (Å²) < 4.78 is 11.5. The molecule has 0 fully saturated rings. The van der Waals surface area contributed by atoms with Crippen LogP contribution in [0.3, 0.4) is 0 Å². The lowest BCUT2D eigenvalue weighted by molar-refractivity contribution is -0.109. The Morgan fingerprint density at radius 2 is 1.65 bits per heavy atom. The SMILES string of the molecule is CC/C=C/C(=C(Cl)\C=C(/C)NC(CC)CC(C)CC)C(OCC)OCC. The Kier molecular flexibility index (Phi) is 14.9. The molecule has 0 aromatic rings. The zero-order valence-corrected chi connectivity index (χ0v) is 18.7. The molecule has 4 heteroatoms. The molecule has 0 heterocycles. The predicted octanol–water partition coefficient (Wildman–Crippen LogP) is 6.55. The van der Waals surface area contributed by atoms with Gasteiger partial charge in [0.05, 0.1) is 5.03 Å². The highest BCUT2D eigenvalue weighted by molar-refractivity contribution is 6.31. The van der Waals surface area contributed by atoms with E-state index in [1.54, 1.807) is 0 Å². The first-order chi connectivity index (χ1) is 12.4. The van der Waals surface area contributed by atoms with Crippen molar-refractivity contribution in [3.05, 3.63) is 34.5 Å². The lowest BCUT2D eigenvalue weighted by Gasteiger charge is -2.22. The Morgan fingerprint density at radius 3 is 2.12 bits per heavy atom. The van der Waals surface area contributed by atoms with Crippen molar-refractivity contribution < 1.29 is 9.47 Å². The van der Waals surface area contributed by atoms with Gasteiger partial charge in [-0.1, -0.05) is 57.9 Å². The van der Waals surface area contributed by atoms with Crippen LogP contribution < -0.4 is 5.32 Å². The quantitative estimate of drug-likeness (QED) is 0.271. The summed E-state index contributed by atoms with van der Waals surface area (Å²) >= 11 is 6.66. The standard InChI is InChI=1S/C22H40ClNO2/c1-8-13-14-20(22(25-11-4)26-12-5)21(23)16-18(7)24-19(10-3)15-17(6)9-2/h13-14,16-17,19,22,24H,8-12,15H2,1-7H3/b14-13+,18-16+,21-20-. The minimum absolute atomic E-state index is 0.438. The third-order valence-electron chi connectivity index (χ3n) is 4.35. The highest BCUT2D eigenvalue weighted by atomic mass is 35.5. The highest BCUT2D eigenvalue weighted by Gasteiger charge is 2.16. The van der Waals surface area contributed by atoms with Crippen LogP contribution in [0.25, 0.3) is 0 Å². The first kappa shape index (κ1) is 25.2. The molecule has 0 aromatic heterocycles. The Balaban J connectivity index is 5.43. The van der Waals surface area contributed by atoms with Crippen molar-refractivity contribution in [2.24, 2.45) is 5.92 Å². The average molecular weight is 386 g/mol. The van der Waals surface area contributed by atoms with Crippen LogP contribution in [0.15, 0.2) is 34.5 Å². The summed E-state index contributed by atoms with van der Waals surface area (Å²) in [6, 6.07) is 0.467. The summed E-state index contributed by atoms with van der Waals surface area (Å²) in [7, 11) is 0. The first-order valence-corrected chi connectivity index (χ1v) is 10.5. The van der Waals surface area contributed by atoms with Gasteiger partial charge < -0.3 is 14.8 Å². The Hall–Kier alpha value is -0.770. The molecule has 26 heavy (non-hydrogen) atoms. The molecule has 3 nitrogen and oxygen atoms in total. The Bertz CT molecular complexity index is 451. The first-order valence-electron chi connectivity index (χ1n) is 10.2. The van der Waals surface area contributed by atoms with E-state index in [4.69, 9.17) is 21.1 Å². The number of rotatable bonds is 14. The van der Waals surface area contributed by atoms with Gasteiger partial charge in [-0.3, -0.25) is 0 Å². The Morgan fingerprint density at radius 1 is 1.04 bits per heavy atom. The summed E-state index contributed by atoms with van der Waals surface area (Å²) in [5, 5.41) is 4.27. The maximum absolute atomic E-state index is 6.66. The van der Waals surface area contributed by atoms with Gasteiger partial charge in [0, 0.05) is 30.5 Å². The van der Waals surface area contributed by atoms with Crippen LogP contribution in [0.4, 0.5) is 0 Å². The van der Waals surface area contributed by atoms with Gasteiger partial charge >= 0.3 is 0 Å². The molecule has 0 spiro atoms. The van der Waals surface area contributed by atoms with E-state index in [0.717, 1.165) is 30.0 Å². The molecular formula is C22H40ClNO2. The van der Waals surface area contributed by atoms with Crippen molar-refractivity contribution in [3.63, 3.8) is 0 Å². The van der Waals surface area contributed by atoms with Crippen molar-refractivity contribution >= 4 is 11.6 Å². The van der Waals surface area contributed by atoms with E-state index in [2.05, 4.69) is 46.0 Å². The van der Waals surface area contributed by atoms with Crippen LogP contribution in [-0.4, -0.2) is 25.5 Å². The molecule has 0 rings (SSSR count). The molecule has 0 saturated carbocycles. The number of nitrogens with one attached hydrogen (secondary N) is 1. The maximum atomic E-state index is 6.66. The van der Waals surface area contributed by atoms with Gasteiger partial charge in [0.15, 0.2) is 6.29 Å². The second-order valence-electron chi connectivity index (χ2n) is 6.68. The van der Waals surface area contributed by atoms with Crippen LogP contribution in [0, 0.1) is 5.92 Å². The second-order valence-corrected chi connectivity index (χ2v) is 7.09. The number of ether oxygens (including phenoxy) is 2. The number of halogens is 1. The van der Waals surface area contributed by atoms with Gasteiger partial charge in [-0.25, -0.2) is 0 Å². The fraction of sp³-hybridized carbons (Fsp3) is 0.727. The maximum Gasteiger partial charge on any atom is 0.185 e. The summed E-state index contributed by atoms with van der Waals surface area (Å²) in [4.78, 5) is 0. The molecule has 0 bridgehead atoms. The van der Waals surface area contributed by atoms with Gasteiger partial charge in [-0.15, -0.1) is 0 Å². The van der Waals surface area contributed by atoms with Crippen LogP contribution in [0.2, 0.25) is 0 Å². The lowest BCUT2D eigenvalue weighted by Crippen LogP contribution is -2.28. The van der Waals surface area contributed by atoms with Gasteiger partial charge in [-0.05, 0) is 52.0 Å². The van der Waals surface area contributed by atoms with Crippen LogP contribution in [0.5, 0.6) is 0 Å². The molecular weight excluding hydrogens is 346 g/mol. The van der Waals surface area contributed by atoms with E-state index in [1.807, 2.05) is 26.0 Å². The number of hydrogen-bond donors (Lipinski definition) is 1. The van der Waals surface area contributed by atoms with Crippen molar-refractivity contribution in [1.82, 2.24) is 5.32 Å². The molecule has 152 valence electrons. The molecule has 0 aliphatic heterocycles. The fourth-order valence-electron chi connectivity index (χ4n) is 2.66. The van der Waals surface area contributed by atoms with Crippen molar-refractivity contribution in [1.29, 1.82) is 0 Å². The number of allylic oxidation sites excluding steroid dienone is 4. The normalized spacial score (nSPS) is 16.1. The monoisotopic (exact) mass is 385 g/mol. The lowest BCUT2D eigenvalue weighted by atomic mass is 9.97. The highest BCUT2D eigenvalue weighted by Crippen LogP contribution is 2.22. The zero-order chi connectivity index (χ0) is 19.9. The van der Waals surface area contributed by atoms with Crippen LogP contribution >= 0.6 is 11.6 Å². The van der Waals surface area contributed by atoms with Gasteiger partial charge in [0.1, 0.15) is 0 Å². The fourth-order valence-corrected chi connectivity index (χ4v) is 2.98. The molecule has 0 aromatic carbocycles. The van der Waals surface area contributed by atoms with Crippen molar-refractivity contribution in [3.8, 4) is 0 Å². The second kappa shape index (κ2) is 15.3. The Labute approximate surface area is 166 Å². The third kappa shape index (κ3) is 10.4. The summed E-state index contributed by atoms with van der Waals surface area (Å²) in [5.41, 5.74) is 1.94. The summed E-state index contributed by atoms with van der Waals surface area (Å²) in [6.07, 6.45) is 10.1. The minimum Gasteiger partial charge on any atom is -0.386 e. The van der Waals surface area contributed by atoms with Crippen LogP contribution in [0.1, 0.15) is 74.1 Å². The van der Waals surface area contributed by atoms with E-state index < -0.39 is 6.29 Å². The van der Waals surface area contributed by atoms with Crippen molar-refractivity contribution in [2.45, 2.75) is 86.5 Å². The molecule has 2 atom stereocenters. The molecule has 0 aliphatic rings. The summed E-state index contributed by atoms with van der Waals surface area (Å²) in [6.45, 7) is 16.0. The largest absolute Gasteiger partial charge is 0.386 e. The molecule has 0 amide bonds. The smallest absolute Gasteiger partial charge is 0.185 e. The van der Waals surface area contributed by atoms with Gasteiger partial charge in [-0.2, -0.15) is 0 Å². The average Bonchev–Trinajstić information content (AvgIpc) is 2.61. The van der Waals surface area contributed by atoms with Crippen LogP contribution in [-0.2, 0) is 9.47 Å². The minimum atomic E-state index is -0.438. The van der Waals surface area contributed by atoms with E-state index in [9.17, 15) is 0 Å². The molecule has 0 radical (unpaired) electrons. The van der Waals surface area contributed by atoms with E-state index in [0.29, 0.717) is 24.3 Å². The third-order valence-corrected chi connectivity index (χ3v) is 4.68. The number of hydrogen-bond acceptors (Lipinski definition) is 3. The molecule has 0 saturated heterocycles. The molecule has 1 N–H and O–H groups in total. The predicted molar refractivity (Wildman–Crippen MR) is 114 cm³/mol. The van der Waals surface area contributed by atoms with E-state index in [1.165, 1.54) is 12.8 Å². The molecule has 2 unspecified atom stereocenters. The topological polar surface area (TPSA) is 30.5 Å². The van der Waals surface area contributed by atoms with Crippen molar-refractivity contribution in [2.75, 3.05) is 13.2 Å². The van der Waals surface area contributed by atoms with Gasteiger partial charge in [0.25, 0.3) is 0 Å². The van der Waals surface area contributed by atoms with E-state index in [-0.39, 0.29) is 0 Å².